The van der Waals surface area contributed by atoms with E-state index in [1.165, 1.54) is 0 Å². The van der Waals surface area contributed by atoms with Crippen LogP contribution in [0.1, 0.15) is 24.8 Å². The first-order valence-corrected chi connectivity index (χ1v) is 10.0. The number of nitrogens with one attached hydrogen (secondary N) is 2. The first kappa shape index (κ1) is 19.1. The van der Waals surface area contributed by atoms with Crippen LogP contribution in [0.2, 0.25) is 0 Å². The number of aromatic nitrogens is 2. The molecule has 7 heteroatoms. The van der Waals surface area contributed by atoms with Crippen LogP contribution in [0.3, 0.4) is 0 Å². The minimum absolute atomic E-state index is 0.0359. The first-order valence-electron chi connectivity index (χ1n) is 10.0. The summed E-state index contributed by atoms with van der Waals surface area (Å²) >= 11 is 0. The molecule has 3 aromatic rings. The van der Waals surface area contributed by atoms with Crippen LogP contribution in [0.15, 0.2) is 47.3 Å². The molecule has 2 N–H and O–H groups in total. The summed E-state index contributed by atoms with van der Waals surface area (Å²) in [6.45, 7) is 2.28. The molecular formula is C22H25N3O4. The van der Waals surface area contributed by atoms with Crippen molar-refractivity contribution < 1.29 is 14.3 Å². The van der Waals surface area contributed by atoms with Crippen molar-refractivity contribution in [1.29, 1.82) is 0 Å². The molecule has 29 heavy (non-hydrogen) atoms. The highest BCUT2D eigenvalue weighted by Crippen LogP contribution is 2.31. The second-order valence-corrected chi connectivity index (χ2v) is 7.13. The van der Waals surface area contributed by atoms with E-state index in [1.54, 1.807) is 4.57 Å². The van der Waals surface area contributed by atoms with Crippen LogP contribution in [0.5, 0.6) is 11.5 Å². The van der Waals surface area contributed by atoms with Gasteiger partial charge in [0.05, 0.1) is 11.0 Å². The Morgan fingerprint density at radius 2 is 1.90 bits per heavy atom. The maximum absolute atomic E-state index is 12.1. The van der Waals surface area contributed by atoms with Gasteiger partial charge in [0.15, 0.2) is 11.5 Å². The molecule has 0 fully saturated rings. The van der Waals surface area contributed by atoms with Gasteiger partial charge in [0.25, 0.3) is 0 Å². The van der Waals surface area contributed by atoms with E-state index in [0.29, 0.717) is 39.1 Å². The zero-order valence-electron chi connectivity index (χ0n) is 16.3. The molecule has 2 aromatic carbocycles. The maximum Gasteiger partial charge on any atom is 0.326 e. The number of ether oxygens (including phenoxy) is 2. The number of carbonyl (C=O) groups excluding carboxylic acids is 1. The molecule has 152 valence electrons. The Kier molecular flexibility index (Phi) is 5.84. The average Bonchev–Trinajstić information content (AvgIpc) is 3.06. The highest BCUT2D eigenvalue weighted by Gasteiger charge is 2.12. The largest absolute Gasteiger partial charge is 0.486 e. The molecule has 1 aliphatic rings. The van der Waals surface area contributed by atoms with Crippen molar-refractivity contribution in [1.82, 2.24) is 14.9 Å². The molecular weight excluding hydrogens is 370 g/mol. The Morgan fingerprint density at radius 1 is 1.07 bits per heavy atom. The van der Waals surface area contributed by atoms with Crippen LogP contribution in [0, 0.1) is 0 Å². The number of amides is 1. The quantitative estimate of drug-likeness (QED) is 0.574. The minimum Gasteiger partial charge on any atom is -0.486 e. The number of hydrogen-bond acceptors (Lipinski definition) is 4. The van der Waals surface area contributed by atoms with Gasteiger partial charge in [-0.2, -0.15) is 0 Å². The lowest BCUT2D eigenvalue weighted by atomic mass is 10.1. The van der Waals surface area contributed by atoms with E-state index in [9.17, 15) is 9.59 Å². The Bertz CT molecular complexity index is 1050. The number of rotatable bonds is 8. The van der Waals surface area contributed by atoms with Gasteiger partial charge in [-0.3, -0.25) is 9.36 Å². The predicted octanol–water partition coefficient (Wildman–Crippen LogP) is 2.63. The summed E-state index contributed by atoms with van der Waals surface area (Å²) in [4.78, 5) is 27.0. The van der Waals surface area contributed by atoms with Crippen molar-refractivity contribution >= 4 is 16.9 Å². The van der Waals surface area contributed by atoms with Crippen molar-refractivity contribution in [3.63, 3.8) is 0 Å². The fourth-order valence-corrected chi connectivity index (χ4v) is 3.58. The van der Waals surface area contributed by atoms with Gasteiger partial charge in [-0.15, -0.1) is 0 Å². The van der Waals surface area contributed by atoms with Gasteiger partial charge in [-0.05, 0) is 49.1 Å². The fourth-order valence-electron chi connectivity index (χ4n) is 3.58. The molecule has 4 rings (SSSR count). The van der Waals surface area contributed by atoms with Gasteiger partial charge in [0.2, 0.25) is 5.91 Å². The molecule has 2 heterocycles. The molecule has 0 aliphatic carbocycles. The standard InChI is InChI=1S/C22H25N3O4/c26-21(8-3-5-16-9-10-19-20(15-16)29-14-13-28-19)23-11-4-12-25-18-7-2-1-6-17(18)24-22(25)27/h1-2,6-7,9-10,15H,3-5,8,11-14H2,(H,23,26)(H,24,27). The van der Waals surface area contributed by atoms with Crippen molar-refractivity contribution in [2.24, 2.45) is 0 Å². The molecule has 0 saturated carbocycles. The summed E-state index contributed by atoms with van der Waals surface area (Å²) in [6.07, 6.45) is 2.76. The number of fused-ring (bicyclic) bond motifs is 2. The van der Waals surface area contributed by atoms with Crippen LogP contribution in [-0.4, -0.2) is 35.2 Å². The van der Waals surface area contributed by atoms with E-state index >= 15 is 0 Å². The van der Waals surface area contributed by atoms with Crippen LogP contribution >= 0.6 is 0 Å². The highest BCUT2D eigenvalue weighted by atomic mass is 16.6. The SMILES string of the molecule is O=C(CCCc1ccc2c(c1)OCCO2)NCCCn1c(=O)[nH]c2ccccc21. The summed E-state index contributed by atoms with van der Waals surface area (Å²) in [7, 11) is 0. The second kappa shape index (κ2) is 8.86. The van der Waals surface area contributed by atoms with Gasteiger partial charge >= 0.3 is 5.69 Å². The number of imidazole rings is 1. The third-order valence-corrected chi connectivity index (χ3v) is 5.04. The van der Waals surface area contributed by atoms with Crippen LogP contribution in [0.25, 0.3) is 11.0 Å². The van der Waals surface area contributed by atoms with E-state index in [2.05, 4.69) is 10.3 Å². The number of nitrogens with zero attached hydrogens (tertiary/aromatic N) is 1. The average molecular weight is 395 g/mol. The van der Waals surface area contributed by atoms with Gasteiger partial charge < -0.3 is 19.8 Å². The molecule has 7 nitrogen and oxygen atoms in total. The first-order chi connectivity index (χ1) is 14.2. The van der Waals surface area contributed by atoms with Crippen molar-refractivity contribution in [2.75, 3.05) is 19.8 Å². The number of hydrogen-bond donors (Lipinski definition) is 2. The minimum atomic E-state index is -0.114. The van der Waals surface area contributed by atoms with Crippen LogP contribution < -0.4 is 20.5 Å². The van der Waals surface area contributed by atoms with E-state index < -0.39 is 0 Å². The number of H-pyrrole nitrogens is 1. The van der Waals surface area contributed by atoms with E-state index in [1.807, 2.05) is 42.5 Å². The summed E-state index contributed by atoms with van der Waals surface area (Å²) in [5, 5.41) is 2.94. The molecule has 1 amide bonds. The second-order valence-electron chi connectivity index (χ2n) is 7.13. The molecule has 0 bridgehead atoms. The number of aromatic amines is 1. The van der Waals surface area contributed by atoms with Gasteiger partial charge in [-0.25, -0.2) is 4.79 Å². The maximum atomic E-state index is 12.1. The third kappa shape index (κ3) is 4.62. The fraction of sp³-hybridized carbons (Fsp3) is 0.364. The molecule has 1 aromatic heterocycles. The zero-order valence-corrected chi connectivity index (χ0v) is 16.3. The number of para-hydroxylation sites is 2. The normalized spacial score (nSPS) is 12.8. The molecule has 0 unspecified atom stereocenters. The Morgan fingerprint density at radius 3 is 2.79 bits per heavy atom. The summed E-state index contributed by atoms with van der Waals surface area (Å²) < 4.78 is 12.8. The monoisotopic (exact) mass is 395 g/mol. The Balaban J connectivity index is 1.18. The lowest BCUT2D eigenvalue weighted by molar-refractivity contribution is -0.121. The predicted molar refractivity (Wildman–Crippen MR) is 111 cm³/mol. The molecule has 0 spiro atoms. The number of benzene rings is 2. The summed E-state index contributed by atoms with van der Waals surface area (Å²) in [5.74, 6) is 1.60. The molecule has 0 radical (unpaired) electrons. The molecule has 1 aliphatic heterocycles. The van der Waals surface area contributed by atoms with Crippen LogP contribution in [0.4, 0.5) is 0 Å². The summed E-state index contributed by atoms with van der Waals surface area (Å²) in [5.41, 5.74) is 2.75. The molecule has 0 saturated heterocycles. The topological polar surface area (TPSA) is 85.3 Å². The van der Waals surface area contributed by atoms with Crippen molar-refractivity contribution in [2.45, 2.75) is 32.2 Å². The van der Waals surface area contributed by atoms with Gasteiger partial charge in [0, 0.05) is 19.5 Å². The van der Waals surface area contributed by atoms with Crippen molar-refractivity contribution in [3.05, 3.63) is 58.5 Å². The smallest absolute Gasteiger partial charge is 0.326 e. The lowest BCUT2D eigenvalue weighted by Crippen LogP contribution is -2.26. The highest BCUT2D eigenvalue weighted by molar-refractivity contribution is 5.76. The molecule has 0 atom stereocenters. The van der Waals surface area contributed by atoms with Crippen LogP contribution in [-0.2, 0) is 17.8 Å². The van der Waals surface area contributed by atoms with Gasteiger partial charge in [-0.1, -0.05) is 18.2 Å². The Labute approximate surface area is 168 Å². The van der Waals surface area contributed by atoms with Gasteiger partial charge in [0.1, 0.15) is 13.2 Å². The van der Waals surface area contributed by atoms with Crippen molar-refractivity contribution in [3.8, 4) is 11.5 Å². The summed E-state index contributed by atoms with van der Waals surface area (Å²) in [6, 6.07) is 13.6. The van der Waals surface area contributed by atoms with E-state index in [0.717, 1.165) is 40.9 Å². The Hall–Kier alpha value is -3.22. The number of aryl methyl sites for hydroxylation is 2. The lowest BCUT2D eigenvalue weighted by Gasteiger charge is -2.18. The number of carbonyl (C=O) groups is 1. The van der Waals surface area contributed by atoms with E-state index in [4.69, 9.17) is 9.47 Å². The third-order valence-electron chi connectivity index (χ3n) is 5.04. The van der Waals surface area contributed by atoms with E-state index in [-0.39, 0.29) is 11.6 Å². The zero-order chi connectivity index (χ0) is 20.1.